The number of carbonyl (C=O) groups excluding carboxylic acids is 2. The van der Waals surface area contributed by atoms with Gasteiger partial charge in [-0.05, 0) is 41.7 Å². The third kappa shape index (κ3) is 4.99. The molecule has 0 fully saturated rings. The fourth-order valence-electron chi connectivity index (χ4n) is 4.49. The van der Waals surface area contributed by atoms with Crippen LogP contribution in [-0.4, -0.2) is 28.2 Å². The third-order valence-corrected chi connectivity index (χ3v) is 6.48. The molecule has 2 heterocycles. The van der Waals surface area contributed by atoms with Crippen LogP contribution in [0, 0.1) is 6.92 Å². The Balaban J connectivity index is 1.34. The summed E-state index contributed by atoms with van der Waals surface area (Å²) in [6.07, 6.45) is -0.938. The van der Waals surface area contributed by atoms with E-state index in [9.17, 15) is 19.5 Å². The van der Waals surface area contributed by atoms with E-state index >= 15 is 0 Å². The number of aryl methyl sites for hydroxylation is 1. The molecule has 1 aromatic heterocycles. The van der Waals surface area contributed by atoms with Crippen molar-refractivity contribution >= 4 is 23.7 Å². The normalized spacial score (nSPS) is 15.2. The van der Waals surface area contributed by atoms with Crippen LogP contribution in [0.4, 0.5) is 10.5 Å². The van der Waals surface area contributed by atoms with Crippen LogP contribution in [0.25, 0.3) is 22.5 Å². The summed E-state index contributed by atoms with van der Waals surface area (Å²) in [6.45, 7) is 3.52. The van der Waals surface area contributed by atoms with E-state index in [0.29, 0.717) is 33.8 Å². The van der Waals surface area contributed by atoms with Gasteiger partial charge in [0.05, 0.1) is 6.42 Å². The van der Waals surface area contributed by atoms with E-state index in [1.54, 1.807) is 19.9 Å². The van der Waals surface area contributed by atoms with Gasteiger partial charge in [0.15, 0.2) is 11.8 Å². The first-order valence-corrected chi connectivity index (χ1v) is 12.0. The number of amides is 2. The highest BCUT2D eigenvalue weighted by Crippen LogP contribution is 2.34. The van der Waals surface area contributed by atoms with Gasteiger partial charge >= 0.3 is 12.1 Å². The number of rotatable bonds is 6. The largest absolute Gasteiger partial charge is 0.479 e. The molecule has 38 heavy (non-hydrogen) atoms. The first-order valence-electron chi connectivity index (χ1n) is 12.0. The van der Waals surface area contributed by atoms with Crippen molar-refractivity contribution in [1.29, 1.82) is 0 Å². The lowest BCUT2D eigenvalue weighted by Gasteiger charge is -2.24. The smallest absolute Gasteiger partial charge is 0.412 e. The van der Waals surface area contributed by atoms with E-state index in [-0.39, 0.29) is 12.3 Å². The number of carboxylic acid groups (broad SMARTS) is 1. The van der Waals surface area contributed by atoms with Crippen molar-refractivity contribution in [3.8, 4) is 22.5 Å². The Labute approximate surface area is 218 Å². The SMILES string of the molecule is Cc1noc(-c2ccc(-c3ccc4c(c3)CC(=O)NC4C(=O)O)cc2)c1NC(=O)OC(C)c1ccccc1. The van der Waals surface area contributed by atoms with E-state index in [0.717, 1.165) is 16.7 Å². The van der Waals surface area contributed by atoms with Gasteiger partial charge in [0.2, 0.25) is 5.91 Å². The predicted octanol–water partition coefficient (Wildman–Crippen LogP) is 5.42. The maximum atomic E-state index is 12.6. The number of ether oxygens (including phenoxy) is 1. The quantitative estimate of drug-likeness (QED) is 0.315. The van der Waals surface area contributed by atoms with Crippen LogP contribution in [0.15, 0.2) is 77.3 Å². The van der Waals surface area contributed by atoms with Crippen molar-refractivity contribution in [3.05, 3.63) is 95.2 Å². The Morgan fingerprint density at radius 1 is 1.05 bits per heavy atom. The number of nitrogens with one attached hydrogen (secondary N) is 2. The highest BCUT2D eigenvalue weighted by molar-refractivity contribution is 5.91. The van der Waals surface area contributed by atoms with Crippen LogP contribution in [0.5, 0.6) is 0 Å². The summed E-state index contributed by atoms with van der Waals surface area (Å²) in [5.74, 6) is -1.03. The lowest BCUT2D eigenvalue weighted by molar-refractivity contribution is -0.142. The second-order valence-electron chi connectivity index (χ2n) is 9.06. The second kappa shape index (κ2) is 10.2. The molecule has 4 aromatic rings. The highest BCUT2D eigenvalue weighted by Gasteiger charge is 2.30. The molecule has 1 aliphatic heterocycles. The number of carbonyl (C=O) groups is 3. The number of hydrogen-bond donors (Lipinski definition) is 3. The molecule has 9 nitrogen and oxygen atoms in total. The minimum atomic E-state index is -1.10. The molecule has 2 unspecified atom stereocenters. The van der Waals surface area contributed by atoms with Crippen LogP contribution < -0.4 is 10.6 Å². The zero-order chi connectivity index (χ0) is 26.8. The molecule has 2 atom stereocenters. The number of aliphatic carboxylic acids is 1. The summed E-state index contributed by atoms with van der Waals surface area (Å²) in [6, 6.07) is 21.2. The number of nitrogens with zero attached hydrogens (tertiary/aromatic N) is 1. The Hall–Kier alpha value is -4.92. The molecule has 3 aromatic carbocycles. The molecule has 1 aliphatic rings. The Morgan fingerprint density at radius 2 is 1.74 bits per heavy atom. The van der Waals surface area contributed by atoms with Crippen molar-refractivity contribution in [1.82, 2.24) is 10.5 Å². The highest BCUT2D eigenvalue weighted by atomic mass is 16.6. The molecule has 2 amide bonds. The molecule has 5 rings (SSSR count). The number of benzene rings is 3. The summed E-state index contributed by atoms with van der Waals surface area (Å²) in [5.41, 5.74) is 5.49. The molecule has 3 N–H and O–H groups in total. The van der Waals surface area contributed by atoms with Crippen molar-refractivity contribution < 1.29 is 28.8 Å². The van der Waals surface area contributed by atoms with Crippen LogP contribution in [-0.2, 0) is 20.7 Å². The van der Waals surface area contributed by atoms with Gasteiger partial charge in [-0.25, -0.2) is 9.59 Å². The Kier molecular flexibility index (Phi) is 6.66. The first-order chi connectivity index (χ1) is 18.3. The summed E-state index contributed by atoms with van der Waals surface area (Å²) < 4.78 is 11.0. The van der Waals surface area contributed by atoms with Crippen molar-refractivity contribution in [2.24, 2.45) is 0 Å². The molecule has 9 heteroatoms. The number of carboxylic acids is 1. The number of aromatic nitrogens is 1. The molecule has 0 aliphatic carbocycles. The van der Waals surface area contributed by atoms with E-state index in [2.05, 4.69) is 15.8 Å². The summed E-state index contributed by atoms with van der Waals surface area (Å²) in [4.78, 5) is 36.1. The van der Waals surface area contributed by atoms with Gasteiger partial charge in [-0.2, -0.15) is 0 Å². The van der Waals surface area contributed by atoms with Crippen LogP contribution in [0.2, 0.25) is 0 Å². The van der Waals surface area contributed by atoms with Crippen molar-refractivity contribution in [2.45, 2.75) is 32.4 Å². The molecule has 0 radical (unpaired) electrons. The van der Waals surface area contributed by atoms with E-state index in [1.807, 2.05) is 66.7 Å². The number of hydrogen-bond acceptors (Lipinski definition) is 6. The molecule has 0 saturated carbocycles. The number of fused-ring (bicyclic) bond motifs is 1. The minimum absolute atomic E-state index is 0.121. The van der Waals surface area contributed by atoms with Gasteiger partial charge in [-0.1, -0.05) is 78.0 Å². The Morgan fingerprint density at radius 3 is 2.45 bits per heavy atom. The topological polar surface area (TPSA) is 131 Å². The first kappa shape index (κ1) is 24.8. The second-order valence-corrected chi connectivity index (χ2v) is 9.06. The molecule has 0 spiro atoms. The van der Waals surface area contributed by atoms with Gasteiger partial charge in [0.1, 0.15) is 17.5 Å². The maximum absolute atomic E-state index is 12.6. The predicted molar refractivity (Wildman–Crippen MR) is 139 cm³/mol. The van der Waals surface area contributed by atoms with Gasteiger partial charge < -0.3 is 19.7 Å². The Bertz CT molecular complexity index is 1510. The molecule has 192 valence electrons. The summed E-state index contributed by atoms with van der Waals surface area (Å²) >= 11 is 0. The zero-order valence-corrected chi connectivity index (χ0v) is 20.7. The van der Waals surface area contributed by atoms with Gasteiger partial charge in [0, 0.05) is 5.56 Å². The molecular weight excluding hydrogens is 486 g/mol. The number of anilines is 1. The lowest BCUT2D eigenvalue weighted by Crippen LogP contribution is -2.39. The molecular formula is C29H25N3O6. The van der Waals surface area contributed by atoms with Gasteiger partial charge in [-0.15, -0.1) is 0 Å². The minimum Gasteiger partial charge on any atom is -0.479 e. The summed E-state index contributed by atoms with van der Waals surface area (Å²) in [5, 5.41) is 18.7. The fraction of sp³-hybridized carbons (Fsp3) is 0.172. The van der Waals surface area contributed by atoms with E-state index in [1.165, 1.54) is 0 Å². The maximum Gasteiger partial charge on any atom is 0.412 e. The zero-order valence-electron chi connectivity index (χ0n) is 20.7. The van der Waals surface area contributed by atoms with E-state index < -0.39 is 24.2 Å². The average Bonchev–Trinajstić information content (AvgIpc) is 3.27. The van der Waals surface area contributed by atoms with Crippen LogP contribution in [0.3, 0.4) is 0 Å². The van der Waals surface area contributed by atoms with Crippen LogP contribution >= 0.6 is 0 Å². The van der Waals surface area contributed by atoms with E-state index in [4.69, 9.17) is 9.26 Å². The third-order valence-electron chi connectivity index (χ3n) is 6.48. The summed E-state index contributed by atoms with van der Waals surface area (Å²) in [7, 11) is 0. The monoisotopic (exact) mass is 511 g/mol. The standard InChI is InChI=1S/C29H25N3O6/c1-16-25(31-29(36)37-17(2)18-6-4-3-5-7-18)27(38-32-16)20-10-8-19(9-11-20)21-12-13-23-22(14-21)15-24(33)30-26(23)28(34)35/h3-14,17,26H,15H2,1-2H3,(H,30,33)(H,31,36)(H,34,35). The molecule has 0 bridgehead atoms. The lowest BCUT2D eigenvalue weighted by atomic mass is 9.90. The van der Waals surface area contributed by atoms with Crippen LogP contribution in [0.1, 0.15) is 41.5 Å². The fourth-order valence-corrected chi connectivity index (χ4v) is 4.49. The van der Waals surface area contributed by atoms with Gasteiger partial charge in [-0.3, -0.25) is 10.1 Å². The van der Waals surface area contributed by atoms with Gasteiger partial charge in [0.25, 0.3) is 0 Å². The van der Waals surface area contributed by atoms with Crippen molar-refractivity contribution in [2.75, 3.05) is 5.32 Å². The average molecular weight is 512 g/mol. The van der Waals surface area contributed by atoms with Crippen molar-refractivity contribution in [3.63, 3.8) is 0 Å². The molecule has 0 saturated heterocycles.